The second-order valence-electron chi connectivity index (χ2n) is 12.6. The molecule has 0 bridgehead atoms. The highest BCUT2D eigenvalue weighted by molar-refractivity contribution is 5.95. The molecule has 1 aliphatic carbocycles. The topological polar surface area (TPSA) is 47.1 Å². The zero-order valence-corrected chi connectivity index (χ0v) is 24.3. The van der Waals surface area contributed by atoms with E-state index in [1.165, 1.54) is 4.90 Å². The molecule has 6 nitrogen and oxygen atoms in total. The highest BCUT2D eigenvalue weighted by Crippen LogP contribution is 2.38. The number of alkyl halides is 6. The van der Waals surface area contributed by atoms with Gasteiger partial charge in [0, 0.05) is 75.4 Å². The predicted molar refractivity (Wildman–Crippen MR) is 151 cm³/mol. The molecule has 3 aliphatic heterocycles. The Bertz CT molecular complexity index is 1320. The number of benzene rings is 2. The van der Waals surface area contributed by atoms with Gasteiger partial charge < -0.3 is 9.80 Å². The van der Waals surface area contributed by atoms with Gasteiger partial charge in [0.25, 0.3) is 5.91 Å². The molecule has 2 atom stereocenters. The van der Waals surface area contributed by atoms with Crippen molar-refractivity contribution in [3.8, 4) is 0 Å². The van der Waals surface area contributed by atoms with Crippen molar-refractivity contribution in [1.29, 1.82) is 0 Å². The lowest BCUT2D eigenvalue weighted by atomic mass is 9.90. The largest absolute Gasteiger partial charge is 0.416 e. The first-order valence-corrected chi connectivity index (χ1v) is 15.3. The van der Waals surface area contributed by atoms with Crippen molar-refractivity contribution in [2.45, 2.75) is 62.6 Å². The molecule has 0 N–H and O–H groups in total. The quantitative estimate of drug-likeness (QED) is 0.417. The van der Waals surface area contributed by atoms with Crippen LogP contribution in [0.5, 0.6) is 0 Å². The number of carbonyl (C=O) groups is 2. The van der Waals surface area contributed by atoms with E-state index in [-0.39, 0.29) is 36.5 Å². The fourth-order valence-electron chi connectivity index (χ4n) is 6.88. The molecule has 2 aromatic carbocycles. The molecule has 3 heterocycles. The number of carbonyl (C=O) groups excluding carboxylic acids is 2. The second kappa shape index (κ2) is 12.0. The number of nitrogens with zero attached hydrogens (tertiary/aromatic N) is 4. The summed E-state index contributed by atoms with van der Waals surface area (Å²) in [6.45, 7) is 5.17. The number of piperazine rings is 1. The minimum Gasteiger partial charge on any atom is -0.339 e. The summed E-state index contributed by atoms with van der Waals surface area (Å²) in [4.78, 5) is 34.2. The number of halogens is 6. The molecule has 0 unspecified atom stereocenters. The van der Waals surface area contributed by atoms with Crippen molar-refractivity contribution in [3.05, 3.63) is 70.8 Å². The molecular formula is C32H36F6N4O2. The van der Waals surface area contributed by atoms with Crippen LogP contribution in [0.3, 0.4) is 0 Å². The third-order valence-corrected chi connectivity index (χ3v) is 9.58. The van der Waals surface area contributed by atoms with Crippen molar-refractivity contribution >= 4 is 11.8 Å². The van der Waals surface area contributed by atoms with Gasteiger partial charge in [0.05, 0.1) is 11.1 Å². The van der Waals surface area contributed by atoms with Crippen LogP contribution in [0, 0.1) is 5.92 Å². The van der Waals surface area contributed by atoms with Crippen molar-refractivity contribution in [2.75, 3.05) is 45.8 Å². The lowest BCUT2D eigenvalue weighted by Gasteiger charge is -2.50. The SMILES string of the molecule is O=C(C1CC1)N1CC(N2CCN([C@H]3CCN(C(=O)c4cc(C(F)(F)F)cc(C(F)(F)F)c4)[C@H](Cc4ccccc4)C3)CC2)C1. The summed E-state index contributed by atoms with van der Waals surface area (Å²) in [6, 6.07) is 10.6. The molecule has 6 rings (SSSR count). The highest BCUT2D eigenvalue weighted by atomic mass is 19.4. The number of likely N-dealkylation sites (tertiary alicyclic amines) is 2. The summed E-state index contributed by atoms with van der Waals surface area (Å²) in [5.41, 5.74) is -2.65. The smallest absolute Gasteiger partial charge is 0.339 e. The van der Waals surface area contributed by atoms with Gasteiger partial charge in [0.15, 0.2) is 0 Å². The molecule has 238 valence electrons. The number of hydrogen-bond acceptors (Lipinski definition) is 4. The maximum Gasteiger partial charge on any atom is 0.416 e. The van der Waals surface area contributed by atoms with E-state index in [9.17, 15) is 35.9 Å². The minimum absolute atomic E-state index is 0.0518. The van der Waals surface area contributed by atoms with Crippen LogP contribution in [-0.4, -0.2) is 95.4 Å². The summed E-state index contributed by atoms with van der Waals surface area (Å²) >= 11 is 0. The Morgan fingerprint density at radius 1 is 0.727 bits per heavy atom. The maximum absolute atomic E-state index is 13.7. The monoisotopic (exact) mass is 622 g/mol. The van der Waals surface area contributed by atoms with E-state index in [4.69, 9.17) is 0 Å². The fourth-order valence-corrected chi connectivity index (χ4v) is 6.88. The van der Waals surface area contributed by atoms with Crippen molar-refractivity contribution < 1.29 is 35.9 Å². The molecule has 4 fully saturated rings. The molecule has 0 spiro atoms. The Morgan fingerprint density at radius 3 is 1.84 bits per heavy atom. The van der Waals surface area contributed by atoms with Crippen molar-refractivity contribution in [3.63, 3.8) is 0 Å². The van der Waals surface area contributed by atoms with Crippen LogP contribution in [0.4, 0.5) is 26.3 Å². The van der Waals surface area contributed by atoms with E-state index in [1.807, 2.05) is 35.2 Å². The molecular weight excluding hydrogens is 586 g/mol. The summed E-state index contributed by atoms with van der Waals surface area (Å²) in [6.07, 6.45) is -6.46. The molecule has 0 aromatic heterocycles. The maximum atomic E-state index is 13.7. The van der Waals surface area contributed by atoms with Crippen LogP contribution in [0.1, 0.15) is 52.7 Å². The standard InChI is InChI=1S/C32H36F6N4O2/c33-31(34,35)24-15-23(16-25(17-24)32(36,37)38)30(44)42-9-8-26(18-27(42)14-21-4-2-1-3-5-21)39-10-12-40(13-11-39)28-19-41(20-28)29(43)22-6-7-22/h1-5,15-17,22,26-28H,6-14,18-20H2/t26-,27+/m0/s1. The lowest BCUT2D eigenvalue weighted by Crippen LogP contribution is -2.65. The molecule has 0 radical (unpaired) electrons. The molecule has 12 heteroatoms. The minimum atomic E-state index is -5.03. The van der Waals surface area contributed by atoms with Crippen molar-refractivity contribution in [2.24, 2.45) is 5.92 Å². The molecule has 2 amide bonds. The van der Waals surface area contributed by atoms with Crippen LogP contribution in [0.25, 0.3) is 0 Å². The average molecular weight is 623 g/mol. The van der Waals surface area contributed by atoms with Crippen LogP contribution in [-0.2, 0) is 23.6 Å². The predicted octanol–water partition coefficient (Wildman–Crippen LogP) is 5.18. The van der Waals surface area contributed by atoms with E-state index >= 15 is 0 Å². The first-order valence-electron chi connectivity index (χ1n) is 15.3. The number of rotatable bonds is 6. The molecule has 2 aromatic rings. The summed E-state index contributed by atoms with van der Waals surface area (Å²) in [5.74, 6) is -0.304. The van der Waals surface area contributed by atoms with Crippen LogP contribution >= 0.6 is 0 Å². The normalized spacial score (nSPS) is 24.3. The van der Waals surface area contributed by atoms with E-state index in [2.05, 4.69) is 9.80 Å². The van der Waals surface area contributed by atoms with Gasteiger partial charge in [-0.05, 0) is 55.9 Å². The van der Waals surface area contributed by atoms with Gasteiger partial charge in [0.1, 0.15) is 0 Å². The van der Waals surface area contributed by atoms with Crippen LogP contribution < -0.4 is 0 Å². The van der Waals surface area contributed by atoms with Crippen molar-refractivity contribution in [1.82, 2.24) is 19.6 Å². The second-order valence-corrected chi connectivity index (χ2v) is 12.6. The molecule has 44 heavy (non-hydrogen) atoms. The van der Waals surface area contributed by atoms with E-state index in [1.54, 1.807) is 0 Å². The molecule has 4 aliphatic rings. The third kappa shape index (κ3) is 6.75. The first kappa shape index (κ1) is 30.9. The average Bonchev–Trinajstić information content (AvgIpc) is 3.82. The molecule has 3 saturated heterocycles. The van der Waals surface area contributed by atoms with Crippen LogP contribution in [0.2, 0.25) is 0 Å². The van der Waals surface area contributed by atoms with Crippen LogP contribution in [0.15, 0.2) is 48.5 Å². The Hall–Kier alpha value is -3.12. The Labute approximate surface area is 252 Å². The summed E-state index contributed by atoms with van der Waals surface area (Å²) < 4.78 is 81.2. The zero-order valence-electron chi connectivity index (χ0n) is 24.3. The number of hydrogen-bond donors (Lipinski definition) is 0. The van der Waals surface area contributed by atoms with Gasteiger partial charge in [-0.3, -0.25) is 19.4 Å². The lowest BCUT2D eigenvalue weighted by molar-refractivity contribution is -0.143. The number of piperidine rings is 1. The Balaban J connectivity index is 1.14. The van der Waals surface area contributed by atoms with E-state index in [0.717, 1.165) is 57.7 Å². The Morgan fingerprint density at radius 2 is 1.30 bits per heavy atom. The van der Waals surface area contributed by atoms with Gasteiger partial charge in [0.2, 0.25) is 5.91 Å². The van der Waals surface area contributed by atoms with E-state index in [0.29, 0.717) is 37.4 Å². The summed E-state index contributed by atoms with van der Waals surface area (Å²) in [5, 5.41) is 0. The van der Waals surface area contributed by atoms with Gasteiger partial charge >= 0.3 is 12.4 Å². The van der Waals surface area contributed by atoms with Gasteiger partial charge in [-0.15, -0.1) is 0 Å². The first-order chi connectivity index (χ1) is 20.9. The Kier molecular flexibility index (Phi) is 8.42. The zero-order chi connectivity index (χ0) is 31.2. The van der Waals surface area contributed by atoms with Gasteiger partial charge in [-0.2, -0.15) is 26.3 Å². The summed E-state index contributed by atoms with van der Waals surface area (Å²) in [7, 11) is 0. The van der Waals surface area contributed by atoms with Gasteiger partial charge in [-0.1, -0.05) is 30.3 Å². The molecule has 1 saturated carbocycles. The highest BCUT2D eigenvalue weighted by Gasteiger charge is 2.43. The van der Waals surface area contributed by atoms with E-state index < -0.39 is 35.0 Å². The third-order valence-electron chi connectivity index (χ3n) is 9.58. The number of amides is 2. The fraction of sp³-hybridized carbons (Fsp3) is 0.562. The van der Waals surface area contributed by atoms with Gasteiger partial charge in [-0.25, -0.2) is 0 Å².